The van der Waals surface area contributed by atoms with Gasteiger partial charge in [0.15, 0.2) is 0 Å². The van der Waals surface area contributed by atoms with E-state index >= 15 is 0 Å². The zero-order valence-corrected chi connectivity index (χ0v) is 12.3. The van der Waals surface area contributed by atoms with Gasteiger partial charge in [-0.1, -0.05) is 0 Å². The number of aryl methyl sites for hydroxylation is 1. The third kappa shape index (κ3) is 3.09. The number of rotatable bonds is 3. The molecule has 0 unspecified atom stereocenters. The Morgan fingerprint density at radius 2 is 2.24 bits per heavy atom. The van der Waals surface area contributed by atoms with Gasteiger partial charge in [-0.2, -0.15) is 5.10 Å². The Morgan fingerprint density at radius 1 is 1.38 bits per heavy atom. The Hall–Kier alpha value is -2.24. The summed E-state index contributed by atoms with van der Waals surface area (Å²) in [7, 11) is 0. The molecule has 1 saturated heterocycles. The predicted molar refractivity (Wildman–Crippen MR) is 78.4 cm³/mol. The van der Waals surface area contributed by atoms with Crippen molar-refractivity contribution in [3.8, 4) is 11.4 Å². The van der Waals surface area contributed by atoms with E-state index in [0.29, 0.717) is 5.92 Å². The molecule has 1 atom stereocenters. The fourth-order valence-electron chi connectivity index (χ4n) is 2.72. The number of nitrogens with zero attached hydrogens (tertiary/aromatic N) is 4. The van der Waals surface area contributed by atoms with Gasteiger partial charge >= 0.3 is 0 Å². The molecule has 3 rings (SSSR count). The molecule has 1 fully saturated rings. The second-order valence-electron chi connectivity index (χ2n) is 5.65. The summed E-state index contributed by atoms with van der Waals surface area (Å²) in [6.07, 6.45) is 5.50. The van der Waals surface area contributed by atoms with Gasteiger partial charge in [-0.15, -0.1) is 0 Å². The van der Waals surface area contributed by atoms with Crippen molar-refractivity contribution in [3.63, 3.8) is 0 Å². The summed E-state index contributed by atoms with van der Waals surface area (Å²) >= 11 is 0. The third-order valence-corrected chi connectivity index (χ3v) is 3.90. The Kier molecular flexibility index (Phi) is 3.68. The molecule has 1 aliphatic rings. The molecule has 2 aromatic rings. The van der Waals surface area contributed by atoms with E-state index in [1.165, 1.54) is 0 Å². The van der Waals surface area contributed by atoms with Crippen molar-refractivity contribution in [2.75, 3.05) is 13.1 Å². The fourth-order valence-corrected chi connectivity index (χ4v) is 2.72. The van der Waals surface area contributed by atoms with Crippen LogP contribution in [0.3, 0.4) is 0 Å². The number of aromatic nitrogens is 4. The van der Waals surface area contributed by atoms with Crippen molar-refractivity contribution in [1.29, 1.82) is 0 Å². The number of likely N-dealkylation sites (tertiary alicyclic amines) is 1. The van der Waals surface area contributed by atoms with E-state index in [1.807, 2.05) is 24.1 Å². The summed E-state index contributed by atoms with van der Waals surface area (Å²) in [6, 6.07) is 1.95. The van der Waals surface area contributed by atoms with Gasteiger partial charge in [-0.3, -0.25) is 19.9 Å². The predicted octanol–water partition coefficient (Wildman–Crippen LogP) is 1.59. The van der Waals surface area contributed by atoms with E-state index in [1.54, 1.807) is 13.1 Å². The normalized spacial score (nSPS) is 18.2. The molecule has 6 nitrogen and oxygen atoms in total. The molecular weight excluding hydrogens is 266 g/mol. The number of nitrogens with one attached hydrogen (secondary N) is 1. The topological polar surface area (TPSA) is 74.8 Å². The van der Waals surface area contributed by atoms with Crippen molar-refractivity contribution in [2.45, 2.75) is 26.7 Å². The first-order chi connectivity index (χ1) is 10.1. The average Bonchev–Trinajstić information content (AvgIpc) is 3.09. The van der Waals surface area contributed by atoms with Gasteiger partial charge < -0.3 is 4.90 Å². The smallest absolute Gasteiger partial charge is 0.219 e. The van der Waals surface area contributed by atoms with Crippen molar-refractivity contribution in [3.05, 3.63) is 29.8 Å². The summed E-state index contributed by atoms with van der Waals surface area (Å²) in [5, 5.41) is 7.08. The second kappa shape index (κ2) is 5.63. The third-order valence-electron chi connectivity index (χ3n) is 3.90. The Bertz CT molecular complexity index is 634. The highest BCUT2D eigenvalue weighted by atomic mass is 16.2. The van der Waals surface area contributed by atoms with E-state index in [0.717, 1.165) is 48.7 Å². The van der Waals surface area contributed by atoms with Crippen molar-refractivity contribution in [1.82, 2.24) is 25.1 Å². The molecular formula is C15H19N5O. The minimum Gasteiger partial charge on any atom is -0.343 e. The average molecular weight is 285 g/mol. The van der Waals surface area contributed by atoms with Gasteiger partial charge in [0.2, 0.25) is 5.91 Å². The Labute approximate surface area is 123 Å². The first-order valence-electron chi connectivity index (χ1n) is 7.20. The van der Waals surface area contributed by atoms with Crippen LogP contribution >= 0.6 is 0 Å². The Balaban J connectivity index is 1.64. The lowest BCUT2D eigenvalue weighted by Crippen LogP contribution is -2.26. The monoisotopic (exact) mass is 285 g/mol. The molecule has 1 N–H and O–H groups in total. The summed E-state index contributed by atoms with van der Waals surface area (Å²) in [5.41, 5.74) is 3.57. The number of aromatic amines is 1. The highest BCUT2D eigenvalue weighted by Crippen LogP contribution is 2.20. The highest BCUT2D eigenvalue weighted by Gasteiger charge is 2.24. The van der Waals surface area contributed by atoms with E-state index in [-0.39, 0.29) is 5.91 Å². The molecule has 0 aliphatic carbocycles. The summed E-state index contributed by atoms with van der Waals surface area (Å²) < 4.78 is 0. The SMILES string of the molecule is CC(=O)N1CC[C@H](Cc2cnc(-c3cc(C)[nH]n3)cn2)C1. The molecule has 0 radical (unpaired) electrons. The first kappa shape index (κ1) is 13.7. The van der Waals surface area contributed by atoms with Gasteiger partial charge in [0.25, 0.3) is 0 Å². The Morgan fingerprint density at radius 3 is 2.81 bits per heavy atom. The number of H-pyrrole nitrogens is 1. The molecule has 21 heavy (non-hydrogen) atoms. The van der Waals surface area contributed by atoms with E-state index < -0.39 is 0 Å². The molecule has 6 heteroatoms. The van der Waals surface area contributed by atoms with Crippen LogP contribution in [0.25, 0.3) is 11.4 Å². The number of hydrogen-bond donors (Lipinski definition) is 1. The number of carbonyl (C=O) groups is 1. The molecule has 0 spiro atoms. The minimum atomic E-state index is 0.160. The van der Waals surface area contributed by atoms with Crippen LogP contribution in [0, 0.1) is 12.8 Å². The summed E-state index contributed by atoms with van der Waals surface area (Å²) in [6.45, 7) is 5.28. The largest absolute Gasteiger partial charge is 0.343 e. The van der Waals surface area contributed by atoms with E-state index in [9.17, 15) is 4.79 Å². The quantitative estimate of drug-likeness (QED) is 0.929. The van der Waals surface area contributed by atoms with E-state index in [2.05, 4.69) is 20.2 Å². The standard InChI is InChI=1S/C15H19N5O/c1-10-5-14(19-18-10)15-8-16-13(7-17-15)6-12-3-4-20(9-12)11(2)21/h5,7-8,12H,3-4,6,9H2,1-2H3,(H,18,19)/t12-/m1/s1. The lowest BCUT2D eigenvalue weighted by Gasteiger charge is -2.13. The van der Waals surface area contributed by atoms with Crippen LogP contribution < -0.4 is 0 Å². The van der Waals surface area contributed by atoms with Crippen LogP contribution in [0.4, 0.5) is 0 Å². The molecule has 1 aliphatic heterocycles. The van der Waals surface area contributed by atoms with Crippen molar-refractivity contribution < 1.29 is 4.79 Å². The molecule has 110 valence electrons. The maximum atomic E-state index is 11.3. The highest BCUT2D eigenvalue weighted by molar-refractivity contribution is 5.73. The fraction of sp³-hybridized carbons (Fsp3) is 0.467. The maximum absolute atomic E-state index is 11.3. The summed E-state index contributed by atoms with van der Waals surface area (Å²) in [5.74, 6) is 0.648. The molecule has 0 bridgehead atoms. The second-order valence-corrected chi connectivity index (χ2v) is 5.65. The zero-order chi connectivity index (χ0) is 14.8. The zero-order valence-electron chi connectivity index (χ0n) is 12.3. The first-order valence-corrected chi connectivity index (χ1v) is 7.20. The van der Waals surface area contributed by atoms with Crippen LogP contribution in [-0.2, 0) is 11.2 Å². The van der Waals surface area contributed by atoms with Crippen LogP contribution in [-0.4, -0.2) is 44.1 Å². The van der Waals surface area contributed by atoms with Gasteiger partial charge in [0.1, 0.15) is 11.4 Å². The van der Waals surface area contributed by atoms with Crippen LogP contribution in [0.2, 0.25) is 0 Å². The number of carbonyl (C=O) groups excluding carboxylic acids is 1. The molecule has 1 amide bonds. The molecule has 3 heterocycles. The molecule has 2 aromatic heterocycles. The van der Waals surface area contributed by atoms with Gasteiger partial charge in [-0.25, -0.2) is 0 Å². The lowest BCUT2D eigenvalue weighted by molar-refractivity contribution is -0.127. The summed E-state index contributed by atoms with van der Waals surface area (Å²) in [4.78, 5) is 22.1. The minimum absolute atomic E-state index is 0.160. The van der Waals surface area contributed by atoms with Crippen molar-refractivity contribution in [2.24, 2.45) is 5.92 Å². The van der Waals surface area contributed by atoms with Gasteiger partial charge in [0, 0.05) is 31.9 Å². The van der Waals surface area contributed by atoms with Crippen LogP contribution in [0.1, 0.15) is 24.7 Å². The molecule has 0 saturated carbocycles. The van der Waals surface area contributed by atoms with Gasteiger partial charge in [-0.05, 0) is 31.7 Å². The van der Waals surface area contributed by atoms with Crippen molar-refractivity contribution >= 4 is 5.91 Å². The lowest BCUT2D eigenvalue weighted by atomic mass is 10.0. The van der Waals surface area contributed by atoms with Gasteiger partial charge in [0.05, 0.1) is 11.9 Å². The van der Waals surface area contributed by atoms with E-state index in [4.69, 9.17) is 0 Å². The number of hydrogen-bond acceptors (Lipinski definition) is 4. The number of amides is 1. The maximum Gasteiger partial charge on any atom is 0.219 e. The van der Waals surface area contributed by atoms with Crippen LogP contribution in [0.5, 0.6) is 0 Å². The molecule has 0 aromatic carbocycles. The van der Waals surface area contributed by atoms with Crippen LogP contribution in [0.15, 0.2) is 18.5 Å².